The van der Waals surface area contributed by atoms with Crippen LogP contribution in [0.1, 0.15) is 123 Å². The zero-order valence-corrected chi connectivity index (χ0v) is 36.4. The molecule has 0 spiro atoms. The zero-order chi connectivity index (χ0) is 66.7. The third-order valence-electron chi connectivity index (χ3n) is 11.8. The van der Waals surface area contributed by atoms with Gasteiger partial charge in [0, 0.05) is 55.8 Å². The summed E-state index contributed by atoms with van der Waals surface area (Å²) in [5.41, 5.74) is -7.43. The van der Waals surface area contributed by atoms with Crippen LogP contribution in [0.15, 0.2) is 164 Å². The van der Waals surface area contributed by atoms with Gasteiger partial charge in [-0.3, -0.25) is 9.55 Å². The Labute approximate surface area is 425 Å². The first kappa shape index (κ1) is 23.9. The van der Waals surface area contributed by atoms with E-state index in [9.17, 15) is 5.11 Å². The summed E-state index contributed by atoms with van der Waals surface area (Å²) < 4.78 is 211. The molecule has 2 aromatic heterocycles. The molecule has 330 valence electrons. The number of hydrogen-bond donors (Lipinski definition) is 1. The average molecular weight is 888 g/mol. The van der Waals surface area contributed by atoms with Crippen LogP contribution in [0.2, 0.25) is 0 Å². The van der Waals surface area contributed by atoms with Crippen LogP contribution in [0.4, 0.5) is 0 Å². The Morgan fingerprint density at radius 2 is 1.15 bits per heavy atom. The van der Waals surface area contributed by atoms with E-state index in [1.165, 1.54) is 22.8 Å². The van der Waals surface area contributed by atoms with Crippen LogP contribution in [-0.2, 0) is 16.2 Å². The molecule has 0 radical (unpaired) electrons. The van der Waals surface area contributed by atoms with Crippen molar-refractivity contribution in [1.29, 1.82) is 0 Å². The van der Waals surface area contributed by atoms with Crippen molar-refractivity contribution in [3.05, 3.63) is 192 Å². The molecule has 0 bridgehead atoms. The molecule has 0 fully saturated rings. The van der Waals surface area contributed by atoms with Crippen LogP contribution in [0, 0.1) is 13.7 Å². The monoisotopic (exact) mass is 888 g/mol. The van der Waals surface area contributed by atoms with Crippen molar-refractivity contribution in [2.45, 2.75) is 91.8 Å². The van der Waals surface area contributed by atoms with Crippen LogP contribution in [-0.4, -0.2) is 19.6 Å². The molecule has 0 amide bonds. The molecule has 0 saturated heterocycles. The lowest BCUT2D eigenvalue weighted by molar-refractivity contribution is 0.446. The summed E-state index contributed by atoms with van der Waals surface area (Å²) in [4.78, 5) is 9.83. The van der Waals surface area contributed by atoms with Crippen LogP contribution in [0.25, 0.3) is 83.9 Å². The maximum atomic E-state index is 13.0. The molecule has 66 heavy (non-hydrogen) atoms. The predicted molar refractivity (Wildman–Crippen MR) is 279 cm³/mol. The van der Waals surface area contributed by atoms with Crippen LogP contribution in [0.3, 0.4) is 0 Å². The Hall–Kier alpha value is -7.04. The van der Waals surface area contributed by atoms with Crippen molar-refractivity contribution in [3.63, 3.8) is 0 Å². The molecule has 9 rings (SSSR count). The Morgan fingerprint density at radius 3 is 1.86 bits per heavy atom. The number of imidazole rings is 1. The van der Waals surface area contributed by atoms with Gasteiger partial charge in [-0.25, -0.2) is 4.98 Å². The van der Waals surface area contributed by atoms with E-state index in [0.29, 0.717) is 56.3 Å². The minimum Gasteiger partial charge on any atom is -0.507 e. The number of aromatic nitrogens is 3. The van der Waals surface area contributed by atoms with Crippen LogP contribution < -0.4 is 0 Å². The van der Waals surface area contributed by atoms with Crippen molar-refractivity contribution in [2.75, 3.05) is 0 Å². The molecule has 2 heterocycles. The number of hydrogen-bond acceptors (Lipinski definition) is 3. The van der Waals surface area contributed by atoms with Gasteiger partial charge in [-0.05, 0) is 146 Å². The number of benzene rings is 7. The SMILES string of the molecule is [2H]C([2H])([2H])c1ccc(-c2ccnc(-c3cc(-c4cccc5c4nc(-c4cc(C(C([2H])([2H])[2H])(C([2H])([2H])[2H])C([2H])([2H])[2H])cc(C(C([2H])([2H])[2H])(C([2H])([2H])[2H])C([2H])([2H])[2H])c4O)n5-c4ccc(-c5ccccc5)cc4C([2H])([2H])[2H])cc(C(C)(C)C)c3)c2)cc1-c1ccccc1. The lowest BCUT2D eigenvalue weighted by Crippen LogP contribution is -2.17. The first-order chi connectivity index (χ1) is 41.3. The van der Waals surface area contributed by atoms with Gasteiger partial charge < -0.3 is 5.11 Å². The van der Waals surface area contributed by atoms with Crippen LogP contribution >= 0.6 is 0 Å². The summed E-state index contributed by atoms with van der Waals surface area (Å²) in [7, 11) is 0. The van der Waals surface area contributed by atoms with Gasteiger partial charge >= 0.3 is 0 Å². The van der Waals surface area contributed by atoms with Gasteiger partial charge in [-0.2, -0.15) is 0 Å². The van der Waals surface area contributed by atoms with E-state index in [4.69, 9.17) is 42.9 Å². The second kappa shape index (κ2) is 16.7. The van der Waals surface area contributed by atoms with Gasteiger partial charge in [-0.15, -0.1) is 0 Å². The Bertz CT molecular complexity index is 4110. The lowest BCUT2D eigenvalue weighted by atomic mass is 9.79. The summed E-state index contributed by atoms with van der Waals surface area (Å²) >= 11 is 0. The number of phenols is 1. The predicted octanol–water partition coefficient (Wildman–Crippen LogP) is 16.6. The number of nitrogens with zero attached hydrogens (tertiary/aromatic N) is 3. The third-order valence-corrected chi connectivity index (χ3v) is 11.8. The molecule has 9 aromatic rings. The number of para-hydroxylation sites is 1. The molecule has 0 saturated carbocycles. The molecule has 0 atom stereocenters. The first-order valence-corrected chi connectivity index (χ1v) is 21.2. The molecular formula is C62H61N3O. The highest BCUT2D eigenvalue weighted by molar-refractivity contribution is 5.97. The molecular weight excluding hydrogens is 803 g/mol. The van der Waals surface area contributed by atoms with Gasteiger partial charge in [0.1, 0.15) is 11.6 Å². The Balaban J connectivity index is 1.44. The van der Waals surface area contributed by atoms with E-state index >= 15 is 0 Å². The molecule has 0 aliphatic carbocycles. The number of fused-ring (bicyclic) bond motifs is 1. The van der Waals surface area contributed by atoms with E-state index in [1.54, 1.807) is 85.1 Å². The van der Waals surface area contributed by atoms with Gasteiger partial charge in [0.2, 0.25) is 0 Å². The first-order valence-electron chi connectivity index (χ1n) is 33.2. The molecule has 7 aromatic carbocycles. The molecule has 0 aliphatic heterocycles. The fourth-order valence-electron chi connectivity index (χ4n) is 8.32. The topological polar surface area (TPSA) is 50.9 Å². The fraction of sp³-hybridized carbons (Fsp3) is 0.226. The standard InChI is InChI=1S/C62H61N3O/c1-39-25-26-44(35-51(39)42-21-16-13-17-22-42)45-29-30-63-54(36-45)47-32-46(33-48(34-47)60(3,4)5)50-23-18-24-56-57(50)64-59(52-37-49(61(6,7)8)38-53(58(52)66)62(9,10)11)65(56)55-28-27-43(31-40(55)2)41-19-14-12-15-20-41/h12-38,66H,1-11H3/i1D3,2D3,6D3,7D3,8D3,9D3,10D3,11D3. The largest absolute Gasteiger partial charge is 0.507 e. The molecule has 0 unspecified atom stereocenters. The van der Waals surface area contributed by atoms with Crippen molar-refractivity contribution in [2.24, 2.45) is 0 Å². The zero-order valence-electron chi connectivity index (χ0n) is 60.4. The number of aryl methyl sites for hydroxylation is 2. The summed E-state index contributed by atoms with van der Waals surface area (Å²) in [6, 6.07) is 41.8. The molecule has 4 nitrogen and oxygen atoms in total. The quantitative estimate of drug-likeness (QED) is 0.173. The minimum atomic E-state index is -4.25. The number of rotatable bonds is 7. The van der Waals surface area contributed by atoms with Crippen molar-refractivity contribution in [1.82, 2.24) is 14.5 Å². The van der Waals surface area contributed by atoms with E-state index < -0.39 is 99.3 Å². The maximum Gasteiger partial charge on any atom is 0.149 e. The average Bonchev–Trinajstić information content (AvgIpc) is 0.802. The van der Waals surface area contributed by atoms with Gasteiger partial charge in [0.15, 0.2) is 0 Å². The highest BCUT2D eigenvalue weighted by Gasteiger charge is 2.29. The highest BCUT2D eigenvalue weighted by Crippen LogP contribution is 2.45. The van der Waals surface area contributed by atoms with E-state index in [0.717, 1.165) is 5.56 Å². The number of aromatic hydroxyl groups is 1. The lowest BCUT2D eigenvalue weighted by Gasteiger charge is -2.27. The highest BCUT2D eigenvalue weighted by atomic mass is 16.3. The van der Waals surface area contributed by atoms with Crippen molar-refractivity contribution < 1.29 is 38.0 Å². The summed E-state index contributed by atoms with van der Waals surface area (Å²) in [5, 5.41) is 13.0. The van der Waals surface area contributed by atoms with Gasteiger partial charge in [-0.1, -0.05) is 165 Å². The second-order valence-corrected chi connectivity index (χ2v) is 17.6. The van der Waals surface area contributed by atoms with E-state index in [2.05, 4.69) is 0 Å². The maximum absolute atomic E-state index is 13.0. The minimum absolute atomic E-state index is 0.00632. The third kappa shape index (κ3) is 8.49. The molecule has 1 N–H and O–H groups in total. The van der Waals surface area contributed by atoms with Gasteiger partial charge in [0.25, 0.3) is 0 Å². The molecule has 4 heteroatoms. The fourth-order valence-corrected chi connectivity index (χ4v) is 8.32. The second-order valence-electron chi connectivity index (χ2n) is 17.6. The Morgan fingerprint density at radius 1 is 0.485 bits per heavy atom. The summed E-state index contributed by atoms with van der Waals surface area (Å²) in [6.45, 7) is -24.7. The van der Waals surface area contributed by atoms with Gasteiger partial charge in [0.05, 0.1) is 28.0 Å². The Kier molecular flexibility index (Phi) is 6.08. The van der Waals surface area contributed by atoms with E-state index in [1.807, 2.05) is 69.3 Å². The summed E-state index contributed by atoms with van der Waals surface area (Å²) in [6.07, 6.45) is 1.60. The normalized spacial score (nSPS) is 19.1. The smallest absolute Gasteiger partial charge is 0.149 e. The molecule has 0 aliphatic rings. The van der Waals surface area contributed by atoms with Crippen molar-refractivity contribution >= 4 is 11.0 Å². The van der Waals surface area contributed by atoms with E-state index in [-0.39, 0.29) is 39.5 Å². The summed E-state index contributed by atoms with van der Waals surface area (Å²) in [5.74, 6) is -2.19. The van der Waals surface area contributed by atoms with Crippen molar-refractivity contribution in [3.8, 4) is 78.6 Å². The number of pyridine rings is 1. The number of phenolic OH excluding ortho intramolecular Hbond substituents is 1. The van der Waals surface area contributed by atoms with Crippen LogP contribution in [0.5, 0.6) is 5.75 Å².